The third kappa shape index (κ3) is 3.66. The maximum atomic E-state index is 11.1. The summed E-state index contributed by atoms with van der Waals surface area (Å²) >= 11 is 0. The Kier molecular flexibility index (Phi) is 4.06. The van der Waals surface area contributed by atoms with Crippen LogP contribution in [0.2, 0.25) is 0 Å². The summed E-state index contributed by atoms with van der Waals surface area (Å²) in [7, 11) is -3.12. The van der Waals surface area contributed by atoms with E-state index in [-0.39, 0.29) is 4.90 Å². The predicted octanol–water partition coefficient (Wildman–Crippen LogP) is 1.86. The van der Waals surface area contributed by atoms with Crippen molar-refractivity contribution in [1.29, 1.82) is 0 Å². The van der Waals surface area contributed by atoms with Gasteiger partial charge in [0.1, 0.15) is 5.82 Å². The van der Waals surface area contributed by atoms with Gasteiger partial charge in [-0.2, -0.15) is 0 Å². The highest BCUT2D eigenvalue weighted by molar-refractivity contribution is 7.90. The minimum atomic E-state index is -3.12. The van der Waals surface area contributed by atoms with Crippen molar-refractivity contribution in [2.24, 2.45) is 0 Å². The number of aromatic nitrogens is 1. The molecule has 1 saturated carbocycles. The van der Waals surface area contributed by atoms with Crippen LogP contribution in [0.15, 0.2) is 36.4 Å². The lowest BCUT2D eigenvalue weighted by molar-refractivity contribution is 0.601. The molecule has 5 heteroatoms. The molecule has 1 fully saturated rings. The number of anilines is 1. The van der Waals surface area contributed by atoms with Crippen LogP contribution >= 0.6 is 0 Å². The molecule has 1 aliphatic carbocycles. The summed E-state index contributed by atoms with van der Waals surface area (Å²) in [4.78, 5) is 4.30. The van der Waals surface area contributed by atoms with E-state index in [1.807, 2.05) is 0 Å². The second-order valence-electron chi connectivity index (χ2n) is 3.57. The van der Waals surface area contributed by atoms with Gasteiger partial charge < -0.3 is 5.32 Å². The second kappa shape index (κ2) is 5.12. The Morgan fingerprint density at radius 2 is 2.00 bits per heavy atom. The normalized spacial score (nSPS) is 14.8. The Balaban J connectivity index is 0.000000606. The van der Waals surface area contributed by atoms with E-state index in [1.54, 1.807) is 12.1 Å². The van der Waals surface area contributed by atoms with Crippen molar-refractivity contribution in [3.05, 3.63) is 31.5 Å². The van der Waals surface area contributed by atoms with Crippen LogP contribution in [0.4, 0.5) is 5.82 Å². The van der Waals surface area contributed by atoms with Gasteiger partial charge in [0, 0.05) is 18.5 Å². The van der Waals surface area contributed by atoms with Crippen molar-refractivity contribution in [2.75, 3.05) is 11.6 Å². The van der Waals surface area contributed by atoms with Gasteiger partial charge in [-0.3, -0.25) is 0 Å². The fraction of sp³-hybridized carbons (Fsp3) is 0.364. The lowest BCUT2D eigenvalue weighted by Crippen LogP contribution is -2.04. The maximum absolute atomic E-state index is 11.1. The van der Waals surface area contributed by atoms with E-state index < -0.39 is 9.84 Å². The minimum Gasteiger partial charge on any atom is -0.367 e. The summed E-state index contributed by atoms with van der Waals surface area (Å²) in [5.74, 6) is 0.750. The molecule has 4 nitrogen and oxygen atoms in total. The zero-order chi connectivity index (χ0) is 12.2. The molecule has 0 unspecified atom stereocenters. The lowest BCUT2D eigenvalue weighted by Gasteiger charge is -2.03. The van der Waals surface area contributed by atoms with Gasteiger partial charge >= 0.3 is 0 Å². The molecule has 1 heterocycles. The molecule has 0 atom stereocenters. The van der Waals surface area contributed by atoms with E-state index >= 15 is 0 Å². The summed E-state index contributed by atoms with van der Waals surface area (Å²) in [5.41, 5.74) is 0. The first-order chi connectivity index (χ1) is 7.55. The van der Waals surface area contributed by atoms with E-state index in [9.17, 15) is 8.42 Å². The molecule has 0 spiro atoms. The highest BCUT2D eigenvalue weighted by Gasteiger charge is 2.21. The number of nitrogens with one attached hydrogen (secondary N) is 1. The number of pyridine rings is 1. The molecular weight excluding hydrogens is 224 g/mol. The summed E-state index contributed by atoms with van der Waals surface area (Å²) in [6.07, 6.45) is 4.92. The first kappa shape index (κ1) is 12.7. The molecule has 2 rings (SSSR count). The smallest absolute Gasteiger partial charge is 0.177 e. The van der Waals surface area contributed by atoms with Crippen LogP contribution in [0.5, 0.6) is 0 Å². The van der Waals surface area contributed by atoms with Gasteiger partial charge in [-0.05, 0) is 25.0 Å². The van der Waals surface area contributed by atoms with E-state index in [2.05, 4.69) is 23.5 Å². The van der Waals surface area contributed by atoms with Gasteiger partial charge in [0.2, 0.25) is 0 Å². The van der Waals surface area contributed by atoms with E-state index in [1.165, 1.54) is 25.3 Å². The number of nitrogens with zero attached hydrogens (tertiary/aromatic N) is 1. The molecule has 1 aliphatic rings. The highest BCUT2D eigenvalue weighted by atomic mass is 32.2. The molecule has 16 heavy (non-hydrogen) atoms. The average Bonchev–Trinajstić information content (AvgIpc) is 3.04. The van der Waals surface area contributed by atoms with Crippen LogP contribution in [-0.4, -0.2) is 25.7 Å². The molecule has 0 bridgehead atoms. The zero-order valence-corrected chi connectivity index (χ0v) is 10.1. The molecule has 1 N–H and O–H groups in total. The summed E-state index contributed by atoms with van der Waals surface area (Å²) < 4.78 is 22.2. The third-order valence-corrected chi connectivity index (χ3v) is 3.19. The molecular formula is C11H16N2O2S. The first-order valence-corrected chi connectivity index (χ1v) is 6.87. The van der Waals surface area contributed by atoms with Gasteiger partial charge in [-0.25, -0.2) is 13.4 Å². The van der Waals surface area contributed by atoms with Crippen LogP contribution in [-0.2, 0) is 9.84 Å². The Bertz CT molecular complexity index is 436. The van der Waals surface area contributed by atoms with Crippen molar-refractivity contribution in [1.82, 2.24) is 4.98 Å². The fourth-order valence-corrected chi connectivity index (χ4v) is 1.68. The Hall–Kier alpha value is -1.36. The topological polar surface area (TPSA) is 59.1 Å². The number of hydrogen-bond donors (Lipinski definition) is 1. The molecule has 0 aliphatic heterocycles. The standard InChI is InChI=1S/C9H12N2O2S.C2H4/c1-14(12,13)8-4-5-9(10-6-8)11-7-2-3-7;1-2/h4-7H,2-3H2,1H3,(H,10,11);1-2H2. The molecule has 0 aromatic carbocycles. The van der Waals surface area contributed by atoms with E-state index in [4.69, 9.17) is 0 Å². The Labute approximate surface area is 96.3 Å². The first-order valence-electron chi connectivity index (χ1n) is 4.98. The number of rotatable bonds is 3. The molecule has 88 valence electrons. The van der Waals surface area contributed by atoms with Crippen molar-refractivity contribution in [3.63, 3.8) is 0 Å². The largest absolute Gasteiger partial charge is 0.367 e. The van der Waals surface area contributed by atoms with E-state index in [0.717, 1.165) is 5.82 Å². The number of hydrogen-bond acceptors (Lipinski definition) is 4. The van der Waals surface area contributed by atoms with Gasteiger partial charge in [-0.1, -0.05) is 0 Å². The van der Waals surface area contributed by atoms with Crippen molar-refractivity contribution in [2.45, 2.75) is 23.8 Å². The van der Waals surface area contributed by atoms with Crippen molar-refractivity contribution < 1.29 is 8.42 Å². The van der Waals surface area contributed by atoms with Gasteiger partial charge in [0.05, 0.1) is 4.90 Å². The molecule has 1 aromatic rings. The highest BCUT2D eigenvalue weighted by Crippen LogP contribution is 2.23. The monoisotopic (exact) mass is 240 g/mol. The minimum absolute atomic E-state index is 0.263. The summed E-state index contributed by atoms with van der Waals surface area (Å²) in [6, 6.07) is 3.81. The van der Waals surface area contributed by atoms with Crippen molar-refractivity contribution >= 4 is 15.7 Å². The Morgan fingerprint density at radius 1 is 1.38 bits per heavy atom. The zero-order valence-electron chi connectivity index (χ0n) is 9.31. The molecule has 0 radical (unpaired) electrons. The van der Waals surface area contributed by atoms with Crippen LogP contribution in [0.1, 0.15) is 12.8 Å². The fourth-order valence-electron chi connectivity index (χ4n) is 1.12. The van der Waals surface area contributed by atoms with Crippen LogP contribution in [0, 0.1) is 0 Å². The summed E-state index contributed by atoms with van der Waals surface area (Å²) in [5, 5.41) is 3.19. The van der Waals surface area contributed by atoms with E-state index in [0.29, 0.717) is 6.04 Å². The second-order valence-corrected chi connectivity index (χ2v) is 5.59. The predicted molar refractivity (Wildman–Crippen MR) is 65.2 cm³/mol. The molecule has 0 saturated heterocycles. The summed E-state index contributed by atoms with van der Waals surface area (Å²) in [6.45, 7) is 6.00. The van der Waals surface area contributed by atoms with Gasteiger partial charge in [-0.15, -0.1) is 13.2 Å². The van der Waals surface area contributed by atoms with Gasteiger partial charge in [0.15, 0.2) is 9.84 Å². The van der Waals surface area contributed by atoms with Gasteiger partial charge in [0.25, 0.3) is 0 Å². The average molecular weight is 240 g/mol. The number of sulfone groups is 1. The SMILES string of the molecule is C=C.CS(=O)(=O)c1ccc(NC2CC2)nc1. The third-order valence-electron chi connectivity index (χ3n) is 2.09. The van der Waals surface area contributed by atoms with Crippen LogP contribution < -0.4 is 5.32 Å². The van der Waals surface area contributed by atoms with Crippen LogP contribution in [0.25, 0.3) is 0 Å². The molecule has 0 amide bonds. The lowest BCUT2D eigenvalue weighted by atomic mass is 10.4. The van der Waals surface area contributed by atoms with Crippen molar-refractivity contribution in [3.8, 4) is 0 Å². The quantitative estimate of drug-likeness (QED) is 0.819. The maximum Gasteiger partial charge on any atom is 0.177 e. The van der Waals surface area contributed by atoms with Crippen LogP contribution in [0.3, 0.4) is 0 Å². The molecule has 1 aromatic heterocycles. The Morgan fingerprint density at radius 3 is 2.38 bits per heavy atom.